The number of hydrogen-bond acceptors (Lipinski definition) is 3. The summed E-state index contributed by atoms with van der Waals surface area (Å²) >= 11 is 0. The van der Waals surface area contributed by atoms with Gasteiger partial charge in [0.05, 0.1) is 24.6 Å². The second-order valence-corrected chi connectivity index (χ2v) is 8.06. The van der Waals surface area contributed by atoms with Crippen LogP contribution in [0.15, 0.2) is 67.0 Å². The Hall–Kier alpha value is -3.48. The molecule has 0 atom stereocenters. The molecule has 0 saturated carbocycles. The van der Waals surface area contributed by atoms with Crippen LogP contribution in [0.2, 0.25) is 0 Å². The average Bonchev–Trinajstić information content (AvgIpc) is 2.83. The van der Waals surface area contributed by atoms with Gasteiger partial charge in [0.25, 0.3) is 0 Å². The zero-order chi connectivity index (χ0) is 24.1. The van der Waals surface area contributed by atoms with Crippen LogP contribution < -0.4 is 4.74 Å². The van der Waals surface area contributed by atoms with E-state index in [2.05, 4.69) is 9.97 Å². The number of nitrogens with zero attached hydrogens (tertiary/aromatic N) is 2. The van der Waals surface area contributed by atoms with Crippen LogP contribution in [0.3, 0.4) is 0 Å². The van der Waals surface area contributed by atoms with Crippen LogP contribution in [0, 0.1) is 5.82 Å². The standard InChI is InChI=1S/C27H24F4N2O/c1-2-34-23-16-32-25(33-17-23)14-7-19-6-13-24-21(15-19)10-9-20(26(24)28)8-3-18-4-11-22(12-5-18)27(29,30)31/h4-6,9-13,15-17H,2-3,7-8,14H2,1H3. The van der Waals surface area contributed by atoms with Crippen molar-refractivity contribution >= 4 is 10.8 Å². The van der Waals surface area contributed by atoms with E-state index < -0.39 is 11.7 Å². The molecule has 0 aliphatic carbocycles. The molecule has 0 radical (unpaired) electrons. The molecule has 4 rings (SSSR count). The molecule has 0 saturated heterocycles. The van der Waals surface area contributed by atoms with Crippen molar-refractivity contribution in [3.05, 3.63) is 101 Å². The highest BCUT2D eigenvalue weighted by Crippen LogP contribution is 2.29. The number of benzene rings is 3. The predicted octanol–water partition coefficient (Wildman–Crippen LogP) is 6.76. The van der Waals surface area contributed by atoms with Crippen LogP contribution in [0.5, 0.6) is 5.75 Å². The van der Waals surface area contributed by atoms with Crippen molar-refractivity contribution in [2.24, 2.45) is 0 Å². The lowest BCUT2D eigenvalue weighted by molar-refractivity contribution is -0.137. The third-order valence-electron chi connectivity index (χ3n) is 5.69. The van der Waals surface area contributed by atoms with Crippen molar-refractivity contribution < 1.29 is 22.3 Å². The second kappa shape index (κ2) is 10.2. The maximum Gasteiger partial charge on any atom is 0.416 e. The minimum atomic E-state index is -4.36. The van der Waals surface area contributed by atoms with Gasteiger partial charge in [-0.05, 0) is 60.4 Å². The SMILES string of the molecule is CCOc1cnc(CCc2ccc3c(F)c(CCc4ccc(C(F)(F)F)cc4)ccc3c2)nc1. The van der Waals surface area contributed by atoms with Gasteiger partial charge in [0.1, 0.15) is 11.6 Å². The van der Waals surface area contributed by atoms with Gasteiger partial charge < -0.3 is 4.74 Å². The molecular formula is C27H24F4N2O. The van der Waals surface area contributed by atoms with Crippen LogP contribution >= 0.6 is 0 Å². The molecule has 1 heterocycles. The monoisotopic (exact) mass is 468 g/mol. The van der Waals surface area contributed by atoms with Crippen LogP contribution in [-0.4, -0.2) is 16.6 Å². The summed E-state index contributed by atoms with van der Waals surface area (Å²) in [5.74, 6) is 1.07. The minimum Gasteiger partial charge on any atom is -0.491 e. The molecular weight excluding hydrogens is 444 g/mol. The maximum absolute atomic E-state index is 15.1. The first-order chi connectivity index (χ1) is 16.3. The molecule has 3 aromatic carbocycles. The summed E-state index contributed by atoms with van der Waals surface area (Å²) in [6.07, 6.45) is 1.21. The van der Waals surface area contributed by atoms with Crippen molar-refractivity contribution in [3.63, 3.8) is 0 Å². The minimum absolute atomic E-state index is 0.286. The summed E-state index contributed by atoms with van der Waals surface area (Å²) in [5, 5.41) is 1.34. The lowest BCUT2D eigenvalue weighted by Crippen LogP contribution is -2.04. The molecule has 0 spiro atoms. The van der Waals surface area contributed by atoms with Gasteiger partial charge in [-0.1, -0.05) is 42.5 Å². The van der Waals surface area contributed by atoms with Gasteiger partial charge in [-0.3, -0.25) is 0 Å². The molecule has 0 aliphatic rings. The second-order valence-electron chi connectivity index (χ2n) is 8.06. The van der Waals surface area contributed by atoms with Crippen molar-refractivity contribution in [3.8, 4) is 5.75 Å². The normalized spacial score (nSPS) is 11.7. The van der Waals surface area contributed by atoms with Crippen molar-refractivity contribution in [1.29, 1.82) is 0 Å². The first-order valence-electron chi connectivity index (χ1n) is 11.1. The van der Waals surface area contributed by atoms with E-state index >= 15 is 4.39 Å². The molecule has 0 aliphatic heterocycles. The smallest absolute Gasteiger partial charge is 0.416 e. The zero-order valence-corrected chi connectivity index (χ0v) is 18.7. The number of ether oxygens (including phenoxy) is 1. The van der Waals surface area contributed by atoms with Gasteiger partial charge in [0, 0.05) is 11.8 Å². The Labute approximate surface area is 195 Å². The highest BCUT2D eigenvalue weighted by atomic mass is 19.4. The van der Waals surface area contributed by atoms with E-state index in [4.69, 9.17) is 4.74 Å². The molecule has 0 bridgehead atoms. The Morgan fingerprint density at radius 3 is 2.15 bits per heavy atom. The Morgan fingerprint density at radius 1 is 0.794 bits per heavy atom. The zero-order valence-electron chi connectivity index (χ0n) is 18.7. The highest BCUT2D eigenvalue weighted by Gasteiger charge is 2.29. The van der Waals surface area contributed by atoms with Gasteiger partial charge >= 0.3 is 6.18 Å². The summed E-state index contributed by atoms with van der Waals surface area (Å²) in [6, 6.07) is 14.3. The van der Waals surface area contributed by atoms with E-state index in [-0.39, 0.29) is 5.82 Å². The number of fused-ring (bicyclic) bond motifs is 1. The fraction of sp³-hybridized carbons (Fsp3) is 0.259. The molecule has 0 N–H and O–H groups in total. The summed E-state index contributed by atoms with van der Waals surface area (Å²) in [6.45, 7) is 2.46. The molecule has 176 valence electrons. The summed E-state index contributed by atoms with van der Waals surface area (Å²) in [7, 11) is 0. The highest BCUT2D eigenvalue weighted by molar-refractivity contribution is 5.84. The topological polar surface area (TPSA) is 35.0 Å². The number of alkyl halides is 3. The fourth-order valence-electron chi connectivity index (χ4n) is 3.84. The molecule has 4 aromatic rings. The summed E-state index contributed by atoms with van der Waals surface area (Å²) in [5.41, 5.74) is 1.65. The van der Waals surface area contributed by atoms with E-state index in [0.717, 1.165) is 35.1 Å². The molecule has 7 heteroatoms. The summed E-state index contributed by atoms with van der Waals surface area (Å²) in [4.78, 5) is 8.62. The van der Waals surface area contributed by atoms with Crippen LogP contribution in [0.1, 0.15) is 35.0 Å². The van der Waals surface area contributed by atoms with Crippen LogP contribution in [0.4, 0.5) is 17.6 Å². The van der Waals surface area contributed by atoms with Crippen molar-refractivity contribution in [2.75, 3.05) is 6.61 Å². The molecule has 1 aromatic heterocycles. The Bertz CT molecular complexity index is 1250. The third-order valence-corrected chi connectivity index (χ3v) is 5.69. The molecule has 0 fully saturated rings. The molecule has 0 amide bonds. The number of halogens is 4. The third kappa shape index (κ3) is 5.71. The van der Waals surface area contributed by atoms with Crippen molar-refractivity contribution in [2.45, 2.75) is 38.8 Å². The number of aryl methyl sites for hydroxylation is 4. The Morgan fingerprint density at radius 2 is 1.47 bits per heavy atom. The molecule has 34 heavy (non-hydrogen) atoms. The largest absolute Gasteiger partial charge is 0.491 e. The van der Waals surface area contributed by atoms with Crippen LogP contribution in [0.25, 0.3) is 10.8 Å². The Kier molecular flexibility index (Phi) is 7.10. The average molecular weight is 468 g/mol. The van der Waals surface area contributed by atoms with E-state index in [1.54, 1.807) is 24.5 Å². The van der Waals surface area contributed by atoms with Gasteiger partial charge in [-0.2, -0.15) is 13.2 Å². The van der Waals surface area contributed by atoms with Gasteiger partial charge in [-0.15, -0.1) is 0 Å². The van der Waals surface area contributed by atoms with Gasteiger partial charge in [0.2, 0.25) is 0 Å². The number of hydrogen-bond donors (Lipinski definition) is 0. The number of aromatic nitrogens is 2. The molecule has 0 unspecified atom stereocenters. The first-order valence-corrected chi connectivity index (χ1v) is 11.1. The maximum atomic E-state index is 15.1. The number of rotatable bonds is 8. The van der Waals surface area contributed by atoms with Gasteiger partial charge in [0.15, 0.2) is 5.75 Å². The van der Waals surface area contributed by atoms with E-state index in [1.165, 1.54) is 12.1 Å². The lowest BCUT2D eigenvalue weighted by atomic mass is 9.98. The van der Waals surface area contributed by atoms with E-state index in [1.807, 2.05) is 25.1 Å². The van der Waals surface area contributed by atoms with E-state index in [0.29, 0.717) is 48.4 Å². The molecule has 3 nitrogen and oxygen atoms in total. The lowest BCUT2D eigenvalue weighted by Gasteiger charge is -2.10. The Balaban J connectivity index is 1.41. The van der Waals surface area contributed by atoms with Crippen LogP contribution in [-0.2, 0) is 31.9 Å². The fourth-order valence-corrected chi connectivity index (χ4v) is 3.84. The van der Waals surface area contributed by atoms with Gasteiger partial charge in [-0.25, -0.2) is 14.4 Å². The van der Waals surface area contributed by atoms with Crippen molar-refractivity contribution in [1.82, 2.24) is 9.97 Å². The predicted molar refractivity (Wildman–Crippen MR) is 123 cm³/mol. The first kappa shape index (κ1) is 23.7. The van der Waals surface area contributed by atoms with E-state index in [9.17, 15) is 13.2 Å². The quantitative estimate of drug-likeness (QED) is 0.268. The summed E-state index contributed by atoms with van der Waals surface area (Å²) < 4.78 is 58.6.